The number of hydrogen-bond donors (Lipinski definition) is 0. The molecule has 0 saturated carbocycles. The third-order valence-corrected chi connectivity index (χ3v) is 1.26. The van der Waals surface area contributed by atoms with Gasteiger partial charge in [0.15, 0.2) is 0 Å². The molecule has 1 heteroatoms. The van der Waals surface area contributed by atoms with Crippen molar-refractivity contribution in [3.8, 4) is 0 Å². The van der Waals surface area contributed by atoms with Gasteiger partial charge in [0.05, 0.1) is 0 Å². The molecule has 0 heterocycles. The molecule has 0 aliphatic rings. The lowest BCUT2D eigenvalue weighted by molar-refractivity contribution is -0.120. The predicted octanol–water partition coefficient (Wildman–Crippen LogP) is 2.79. The van der Waals surface area contributed by atoms with Crippen molar-refractivity contribution in [2.24, 2.45) is 5.41 Å². The number of carbonyl (C=O) groups excluding carboxylic acids is 1. The zero-order valence-electron chi connectivity index (χ0n) is 7.53. The Morgan fingerprint density at radius 1 is 1.30 bits per heavy atom. The SMILES string of the molecule is CCCC(=O)CC(C)(C)C. The van der Waals surface area contributed by atoms with Gasteiger partial charge in [-0.3, -0.25) is 4.79 Å². The first-order chi connectivity index (χ1) is 4.45. The maximum Gasteiger partial charge on any atom is 0.133 e. The van der Waals surface area contributed by atoms with E-state index >= 15 is 0 Å². The summed E-state index contributed by atoms with van der Waals surface area (Å²) in [5.41, 5.74) is 0.173. The van der Waals surface area contributed by atoms with E-state index in [2.05, 4.69) is 20.8 Å². The summed E-state index contributed by atoms with van der Waals surface area (Å²) >= 11 is 0. The Balaban J connectivity index is 3.58. The zero-order valence-corrected chi connectivity index (χ0v) is 7.53. The van der Waals surface area contributed by atoms with Crippen molar-refractivity contribution in [2.45, 2.75) is 47.0 Å². The first-order valence-electron chi connectivity index (χ1n) is 3.97. The normalized spacial score (nSPS) is 11.6. The average molecular weight is 142 g/mol. The van der Waals surface area contributed by atoms with E-state index < -0.39 is 0 Å². The summed E-state index contributed by atoms with van der Waals surface area (Å²) in [6.07, 6.45) is 2.45. The van der Waals surface area contributed by atoms with E-state index in [-0.39, 0.29) is 5.41 Å². The summed E-state index contributed by atoms with van der Waals surface area (Å²) in [7, 11) is 0. The van der Waals surface area contributed by atoms with Gasteiger partial charge in [0.1, 0.15) is 5.78 Å². The first-order valence-corrected chi connectivity index (χ1v) is 3.97. The Morgan fingerprint density at radius 3 is 2.10 bits per heavy atom. The van der Waals surface area contributed by atoms with E-state index in [4.69, 9.17) is 0 Å². The molecular weight excluding hydrogens is 124 g/mol. The molecule has 0 bridgehead atoms. The molecule has 0 radical (unpaired) electrons. The summed E-state index contributed by atoms with van der Waals surface area (Å²) in [6, 6.07) is 0. The summed E-state index contributed by atoms with van der Waals surface area (Å²) in [6.45, 7) is 8.34. The molecule has 0 aliphatic carbocycles. The monoisotopic (exact) mass is 142 g/mol. The molecule has 10 heavy (non-hydrogen) atoms. The van der Waals surface area contributed by atoms with Crippen LogP contribution in [0.25, 0.3) is 0 Å². The third kappa shape index (κ3) is 5.80. The predicted molar refractivity (Wildman–Crippen MR) is 44.0 cm³/mol. The smallest absolute Gasteiger partial charge is 0.133 e. The minimum atomic E-state index is 0.173. The van der Waals surface area contributed by atoms with Crippen molar-refractivity contribution >= 4 is 5.78 Å². The van der Waals surface area contributed by atoms with Crippen molar-refractivity contribution in [1.29, 1.82) is 0 Å². The van der Waals surface area contributed by atoms with Crippen LogP contribution in [0.15, 0.2) is 0 Å². The maximum absolute atomic E-state index is 11.1. The molecule has 0 N–H and O–H groups in total. The van der Waals surface area contributed by atoms with Crippen LogP contribution in [0.2, 0.25) is 0 Å². The molecule has 0 aliphatic heterocycles. The highest BCUT2D eigenvalue weighted by Gasteiger charge is 2.14. The Morgan fingerprint density at radius 2 is 1.80 bits per heavy atom. The number of carbonyl (C=O) groups is 1. The van der Waals surface area contributed by atoms with Crippen LogP contribution >= 0.6 is 0 Å². The lowest BCUT2D eigenvalue weighted by atomic mass is 9.89. The Hall–Kier alpha value is -0.330. The Kier molecular flexibility index (Phi) is 3.62. The molecule has 0 aromatic rings. The highest BCUT2D eigenvalue weighted by atomic mass is 16.1. The lowest BCUT2D eigenvalue weighted by Crippen LogP contribution is -2.12. The van der Waals surface area contributed by atoms with Gasteiger partial charge in [0, 0.05) is 12.8 Å². The summed E-state index contributed by atoms with van der Waals surface area (Å²) in [5.74, 6) is 0.398. The van der Waals surface area contributed by atoms with Crippen molar-refractivity contribution in [3.63, 3.8) is 0 Å². The van der Waals surface area contributed by atoms with Crippen molar-refractivity contribution in [2.75, 3.05) is 0 Å². The molecule has 0 atom stereocenters. The highest BCUT2D eigenvalue weighted by Crippen LogP contribution is 2.19. The summed E-state index contributed by atoms with van der Waals surface area (Å²) in [4.78, 5) is 11.1. The third-order valence-electron chi connectivity index (χ3n) is 1.26. The summed E-state index contributed by atoms with van der Waals surface area (Å²) in [5, 5.41) is 0. The molecule has 0 saturated heterocycles. The van der Waals surface area contributed by atoms with Gasteiger partial charge < -0.3 is 0 Å². The van der Waals surface area contributed by atoms with Crippen LogP contribution in [-0.4, -0.2) is 5.78 Å². The van der Waals surface area contributed by atoms with Gasteiger partial charge in [-0.2, -0.15) is 0 Å². The number of Topliss-reactive ketones (excluding diaryl/α,β-unsaturated/α-hetero) is 1. The minimum Gasteiger partial charge on any atom is -0.300 e. The molecular formula is C9H18O. The van der Waals surface area contributed by atoms with Crippen molar-refractivity contribution in [3.05, 3.63) is 0 Å². The van der Waals surface area contributed by atoms with E-state index in [0.29, 0.717) is 5.78 Å². The molecule has 0 aromatic heterocycles. The number of hydrogen-bond acceptors (Lipinski definition) is 1. The second-order valence-corrected chi connectivity index (χ2v) is 4.03. The molecule has 0 unspecified atom stereocenters. The van der Waals surface area contributed by atoms with Crippen LogP contribution in [0.5, 0.6) is 0 Å². The van der Waals surface area contributed by atoms with Gasteiger partial charge in [-0.15, -0.1) is 0 Å². The van der Waals surface area contributed by atoms with E-state index in [0.717, 1.165) is 19.3 Å². The van der Waals surface area contributed by atoms with Crippen LogP contribution in [0.1, 0.15) is 47.0 Å². The topological polar surface area (TPSA) is 17.1 Å². The van der Waals surface area contributed by atoms with Gasteiger partial charge in [-0.1, -0.05) is 27.7 Å². The van der Waals surface area contributed by atoms with Crippen LogP contribution < -0.4 is 0 Å². The van der Waals surface area contributed by atoms with Crippen molar-refractivity contribution in [1.82, 2.24) is 0 Å². The lowest BCUT2D eigenvalue weighted by Gasteiger charge is -2.15. The molecule has 0 fully saturated rings. The first kappa shape index (κ1) is 9.67. The molecule has 60 valence electrons. The molecule has 0 amide bonds. The van der Waals surface area contributed by atoms with Crippen LogP contribution in [-0.2, 0) is 4.79 Å². The Bertz CT molecular complexity index is 108. The standard InChI is InChI=1S/C9H18O/c1-5-6-8(10)7-9(2,3)4/h5-7H2,1-4H3. The van der Waals surface area contributed by atoms with Crippen molar-refractivity contribution < 1.29 is 4.79 Å². The van der Waals surface area contributed by atoms with E-state index in [1.54, 1.807) is 0 Å². The quantitative estimate of drug-likeness (QED) is 0.592. The Labute approximate surface area is 63.8 Å². The van der Waals surface area contributed by atoms with Gasteiger partial charge >= 0.3 is 0 Å². The van der Waals surface area contributed by atoms with Crippen LogP contribution in [0, 0.1) is 5.41 Å². The molecule has 1 nitrogen and oxygen atoms in total. The molecule has 0 aromatic carbocycles. The largest absolute Gasteiger partial charge is 0.300 e. The average Bonchev–Trinajstić information content (AvgIpc) is 1.59. The van der Waals surface area contributed by atoms with Crippen LogP contribution in [0.4, 0.5) is 0 Å². The van der Waals surface area contributed by atoms with Gasteiger partial charge in [0.25, 0.3) is 0 Å². The minimum absolute atomic E-state index is 0.173. The fraction of sp³-hybridized carbons (Fsp3) is 0.889. The van der Waals surface area contributed by atoms with Crippen LogP contribution in [0.3, 0.4) is 0 Å². The fourth-order valence-electron chi connectivity index (χ4n) is 0.959. The second kappa shape index (κ2) is 3.75. The highest BCUT2D eigenvalue weighted by molar-refractivity contribution is 5.78. The second-order valence-electron chi connectivity index (χ2n) is 4.03. The number of ketones is 1. The van der Waals surface area contributed by atoms with Gasteiger partial charge in [-0.05, 0) is 11.8 Å². The molecule has 0 spiro atoms. The zero-order chi connectivity index (χ0) is 8.20. The van der Waals surface area contributed by atoms with E-state index in [1.165, 1.54) is 0 Å². The van der Waals surface area contributed by atoms with E-state index in [1.807, 2.05) is 6.92 Å². The summed E-state index contributed by atoms with van der Waals surface area (Å²) < 4.78 is 0. The number of rotatable bonds is 3. The fourth-order valence-corrected chi connectivity index (χ4v) is 0.959. The molecule has 0 rings (SSSR count). The van der Waals surface area contributed by atoms with E-state index in [9.17, 15) is 4.79 Å². The van der Waals surface area contributed by atoms with Gasteiger partial charge in [-0.25, -0.2) is 0 Å². The van der Waals surface area contributed by atoms with Gasteiger partial charge in [0.2, 0.25) is 0 Å². The maximum atomic E-state index is 11.1.